The molecule has 0 fully saturated rings. The second kappa shape index (κ2) is 8.00. The van der Waals surface area contributed by atoms with E-state index in [4.69, 9.17) is 19.0 Å². The van der Waals surface area contributed by atoms with E-state index in [1.54, 1.807) is 30.5 Å². The van der Waals surface area contributed by atoms with Crippen LogP contribution in [0.2, 0.25) is 0 Å². The van der Waals surface area contributed by atoms with Gasteiger partial charge in [-0.1, -0.05) is 0 Å². The minimum atomic E-state index is -0.216. The Morgan fingerprint density at radius 3 is 2.86 bits per heavy atom. The van der Waals surface area contributed by atoms with Crippen LogP contribution in [0.15, 0.2) is 34.9 Å². The van der Waals surface area contributed by atoms with Crippen LogP contribution in [-0.4, -0.2) is 42.2 Å². The summed E-state index contributed by atoms with van der Waals surface area (Å²) in [5.74, 6) is 1.26. The SMILES string of the molecule is Cc1ncc(CNCCCO)c2cc(C(=O)c3ccc4c(c3)OCCO4)oc12. The standard InChI is InChI=1S/C21H22N2O5/c1-13-21-16(15(12-23-13)11-22-5-2-6-24)10-19(28-21)20(25)14-3-4-17-18(9-14)27-8-7-26-17/h3-4,9-10,12,22,24H,2,5-8,11H2,1H3. The van der Waals surface area contributed by atoms with Crippen LogP contribution in [0, 0.1) is 6.92 Å². The van der Waals surface area contributed by atoms with E-state index >= 15 is 0 Å². The number of benzene rings is 1. The van der Waals surface area contributed by atoms with Gasteiger partial charge in [-0.2, -0.15) is 0 Å². The van der Waals surface area contributed by atoms with Crippen molar-refractivity contribution in [2.75, 3.05) is 26.4 Å². The quantitative estimate of drug-likeness (QED) is 0.479. The molecule has 0 saturated carbocycles. The second-order valence-electron chi connectivity index (χ2n) is 6.66. The number of furan rings is 1. The summed E-state index contributed by atoms with van der Waals surface area (Å²) in [6.45, 7) is 4.26. The number of rotatable bonds is 7. The van der Waals surface area contributed by atoms with Gasteiger partial charge in [-0.15, -0.1) is 0 Å². The zero-order valence-electron chi connectivity index (χ0n) is 15.7. The van der Waals surface area contributed by atoms with Crippen molar-refractivity contribution in [1.82, 2.24) is 10.3 Å². The summed E-state index contributed by atoms with van der Waals surface area (Å²) < 4.78 is 17.0. The summed E-state index contributed by atoms with van der Waals surface area (Å²) in [5, 5.41) is 13.0. The molecule has 0 radical (unpaired) electrons. The minimum absolute atomic E-state index is 0.147. The van der Waals surface area contributed by atoms with Crippen molar-refractivity contribution >= 4 is 16.8 Å². The first-order valence-corrected chi connectivity index (χ1v) is 9.31. The Kier molecular flexibility index (Phi) is 5.27. The maximum atomic E-state index is 13.0. The third-order valence-electron chi connectivity index (χ3n) is 4.68. The van der Waals surface area contributed by atoms with Gasteiger partial charge in [0.1, 0.15) is 13.2 Å². The zero-order chi connectivity index (χ0) is 19.5. The summed E-state index contributed by atoms with van der Waals surface area (Å²) in [6.07, 6.45) is 2.47. The average molecular weight is 382 g/mol. The summed E-state index contributed by atoms with van der Waals surface area (Å²) in [4.78, 5) is 17.3. The molecule has 0 saturated heterocycles. The number of ketones is 1. The van der Waals surface area contributed by atoms with Gasteiger partial charge in [-0.05, 0) is 49.7 Å². The van der Waals surface area contributed by atoms with E-state index in [-0.39, 0.29) is 18.2 Å². The summed E-state index contributed by atoms with van der Waals surface area (Å²) in [7, 11) is 0. The highest BCUT2D eigenvalue weighted by molar-refractivity contribution is 6.09. The van der Waals surface area contributed by atoms with Crippen LogP contribution < -0.4 is 14.8 Å². The topological polar surface area (TPSA) is 93.8 Å². The van der Waals surface area contributed by atoms with Gasteiger partial charge >= 0.3 is 0 Å². The Hall–Kier alpha value is -2.90. The van der Waals surface area contributed by atoms with E-state index in [2.05, 4.69) is 10.3 Å². The van der Waals surface area contributed by atoms with Gasteiger partial charge in [0.25, 0.3) is 0 Å². The third-order valence-corrected chi connectivity index (χ3v) is 4.68. The lowest BCUT2D eigenvalue weighted by atomic mass is 10.1. The number of carbonyl (C=O) groups is 1. The van der Waals surface area contributed by atoms with Gasteiger partial charge in [0, 0.05) is 30.3 Å². The number of aryl methyl sites for hydroxylation is 1. The van der Waals surface area contributed by atoms with Crippen molar-refractivity contribution in [1.29, 1.82) is 0 Å². The molecule has 0 bridgehead atoms. The van der Waals surface area contributed by atoms with E-state index < -0.39 is 0 Å². The van der Waals surface area contributed by atoms with E-state index in [9.17, 15) is 4.79 Å². The highest BCUT2D eigenvalue weighted by Crippen LogP contribution is 2.32. The summed E-state index contributed by atoms with van der Waals surface area (Å²) in [5.41, 5.74) is 2.78. The molecule has 0 spiro atoms. The van der Waals surface area contributed by atoms with Gasteiger partial charge < -0.3 is 24.3 Å². The van der Waals surface area contributed by atoms with E-state index in [0.717, 1.165) is 16.6 Å². The zero-order valence-corrected chi connectivity index (χ0v) is 15.7. The first-order valence-electron chi connectivity index (χ1n) is 9.31. The molecule has 0 unspecified atom stereocenters. The van der Waals surface area contributed by atoms with Gasteiger partial charge in [0.15, 0.2) is 22.8 Å². The molecule has 0 atom stereocenters. The fourth-order valence-corrected chi connectivity index (χ4v) is 3.21. The molecule has 7 heteroatoms. The van der Waals surface area contributed by atoms with Crippen molar-refractivity contribution in [3.8, 4) is 11.5 Å². The molecule has 1 aromatic carbocycles. The molecule has 2 aromatic heterocycles. The number of hydrogen-bond donors (Lipinski definition) is 2. The molecule has 3 heterocycles. The lowest BCUT2D eigenvalue weighted by Gasteiger charge is -2.18. The average Bonchev–Trinajstić information content (AvgIpc) is 3.18. The molecule has 146 valence electrons. The number of carbonyl (C=O) groups excluding carboxylic acids is 1. The largest absolute Gasteiger partial charge is 0.486 e. The molecule has 1 aliphatic rings. The van der Waals surface area contributed by atoms with Crippen LogP contribution in [0.3, 0.4) is 0 Å². The van der Waals surface area contributed by atoms with Gasteiger partial charge in [-0.25, -0.2) is 0 Å². The number of ether oxygens (including phenoxy) is 2. The Morgan fingerprint density at radius 2 is 2.04 bits per heavy atom. The Bertz CT molecular complexity index is 1010. The molecule has 1 aliphatic heterocycles. The number of aromatic nitrogens is 1. The number of aliphatic hydroxyl groups is 1. The van der Waals surface area contributed by atoms with Crippen molar-refractivity contribution < 1.29 is 23.8 Å². The molecule has 0 amide bonds. The van der Waals surface area contributed by atoms with E-state index in [1.807, 2.05) is 6.92 Å². The second-order valence-corrected chi connectivity index (χ2v) is 6.66. The number of nitrogens with zero attached hydrogens (tertiary/aromatic N) is 1. The summed E-state index contributed by atoms with van der Waals surface area (Å²) >= 11 is 0. The van der Waals surface area contributed by atoms with Crippen LogP contribution in [0.1, 0.15) is 33.8 Å². The van der Waals surface area contributed by atoms with Crippen LogP contribution in [0.5, 0.6) is 11.5 Å². The Labute approximate surface area is 162 Å². The number of fused-ring (bicyclic) bond motifs is 2. The molecular weight excluding hydrogens is 360 g/mol. The van der Waals surface area contributed by atoms with Crippen molar-refractivity contribution in [3.05, 3.63) is 53.0 Å². The third kappa shape index (κ3) is 3.58. The fraction of sp³-hybridized carbons (Fsp3) is 0.333. The summed E-state index contributed by atoms with van der Waals surface area (Å²) in [6, 6.07) is 6.91. The smallest absolute Gasteiger partial charge is 0.228 e. The van der Waals surface area contributed by atoms with Gasteiger partial charge in [-0.3, -0.25) is 9.78 Å². The van der Waals surface area contributed by atoms with Crippen molar-refractivity contribution in [3.63, 3.8) is 0 Å². The predicted octanol–water partition coefficient (Wildman–Crippen LogP) is 2.61. The molecule has 2 N–H and O–H groups in total. The minimum Gasteiger partial charge on any atom is -0.486 e. The Balaban J connectivity index is 1.63. The highest BCUT2D eigenvalue weighted by atomic mass is 16.6. The van der Waals surface area contributed by atoms with Crippen LogP contribution in [-0.2, 0) is 6.54 Å². The first kappa shape index (κ1) is 18.5. The number of pyridine rings is 1. The number of hydrogen-bond acceptors (Lipinski definition) is 7. The van der Waals surface area contributed by atoms with Crippen LogP contribution in [0.25, 0.3) is 11.0 Å². The van der Waals surface area contributed by atoms with Crippen LogP contribution in [0.4, 0.5) is 0 Å². The molecule has 28 heavy (non-hydrogen) atoms. The molecule has 4 rings (SSSR count). The molecular formula is C21H22N2O5. The Morgan fingerprint density at radius 1 is 1.21 bits per heavy atom. The molecule has 3 aromatic rings. The highest BCUT2D eigenvalue weighted by Gasteiger charge is 2.20. The van der Waals surface area contributed by atoms with Gasteiger partial charge in [0.2, 0.25) is 5.78 Å². The lowest BCUT2D eigenvalue weighted by Crippen LogP contribution is -2.16. The molecule has 0 aliphatic carbocycles. The number of aliphatic hydroxyl groups excluding tert-OH is 1. The van der Waals surface area contributed by atoms with E-state index in [0.29, 0.717) is 55.4 Å². The number of nitrogens with one attached hydrogen (secondary N) is 1. The predicted molar refractivity (Wildman–Crippen MR) is 103 cm³/mol. The van der Waals surface area contributed by atoms with Crippen molar-refractivity contribution in [2.24, 2.45) is 0 Å². The lowest BCUT2D eigenvalue weighted by molar-refractivity contribution is 0.101. The first-order chi connectivity index (χ1) is 13.7. The normalized spacial score (nSPS) is 13.1. The maximum absolute atomic E-state index is 13.0. The fourth-order valence-electron chi connectivity index (χ4n) is 3.21. The van der Waals surface area contributed by atoms with E-state index in [1.165, 1.54) is 0 Å². The monoisotopic (exact) mass is 382 g/mol. The maximum Gasteiger partial charge on any atom is 0.228 e. The van der Waals surface area contributed by atoms with Gasteiger partial charge in [0.05, 0.1) is 5.69 Å². The molecule has 7 nitrogen and oxygen atoms in total. The van der Waals surface area contributed by atoms with Crippen LogP contribution >= 0.6 is 0 Å². The van der Waals surface area contributed by atoms with Crippen molar-refractivity contribution in [2.45, 2.75) is 19.9 Å².